The van der Waals surface area contributed by atoms with Crippen molar-refractivity contribution in [3.8, 4) is 11.5 Å². The molecule has 0 unspecified atom stereocenters. The lowest BCUT2D eigenvalue weighted by Gasteiger charge is -2.14. The van der Waals surface area contributed by atoms with Gasteiger partial charge in [-0.3, -0.25) is 4.72 Å². The number of nitrogens with one attached hydrogen (secondary N) is 1. The number of hydrogen-bond donors (Lipinski definition) is 1. The fourth-order valence-electron chi connectivity index (χ4n) is 2.11. The van der Waals surface area contributed by atoms with Crippen molar-refractivity contribution in [2.24, 2.45) is 0 Å². The Kier molecular flexibility index (Phi) is 5.96. The van der Waals surface area contributed by atoms with Gasteiger partial charge in [0.2, 0.25) is 0 Å². The Morgan fingerprint density at radius 1 is 1.00 bits per heavy atom. The summed E-state index contributed by atoms with van der Waals surface area (Å²) in [6.45, 7) is 6.41. The van der Waals surface area contributed by atoms with E-state index in [0.29, 0.717) is 35.4 Å². The highest BCUT2D eigenvalue weighted by molar-refractivity contribution is 7.92. The van der Waals surface area contributed by atoms with Gasteiger partial charge in [-0.1, -0.05) is 17.7 Å². The molecular formula is C17H20ClNO4S. The average Bonchev–Trinajstić information content (AvgIpc) is 2.52. The molecule has 24 heavy (non-hydrogen) atoms. The molecule has 0 spiro atoms. The average molecular weight is 370 g/mol. The number of anilines is 1. The molecule has 2 aromatic rings. The predicted molar refractivity (Wildman–Crippen MR) is 95.8 cm³/mol. The van der Waals surface area contributed by atoms with E-state index in [-0.39, 0.29) is 4.90 Å². The van der Waals surface area contributed by atoms with Crippen LogP contribution in [-0.4, -0.2) is 21.6 Å². The van der Waals surface area contributed by atoms with Crippen LogP contribution in [0.4, 0.5) is 5.69 Å². The third-order valence-electron chi connectivity index (χ3n) is 3.19. The highest BCUT2D eigenvalue weighted by atomic mass is 35.5. The molecule has 0 fully saturated rings. The van der Waals surface area contributed by atoms with E-state index in [1.807, 2.05) is 20.8 Å². The zero-order valence-corrected chi connectivity index (χ0v) is 15.4. The summed E-state index contributed by atoms with van der Waals surface area (Å²) < 4.78 is 38.6. The van der Waals surface area contributed by atoms with Gasteiger partial charge in [0.1, 0.15) is 0 Å². The van der Waals surface area contributed by atoms with Crippen LogP contribution in [0, 0.1) is 6.92 Å². The number of ether oxygens (including phenoxy) is 2. The zero-order chi connectivity index (χ0) is 17.7. The fraction of sp³-hybridized carbons (Fsp3) is 0.294. The number of hydrogen-bond acceptors (Lipinski definition) is 4. The molecule has 7 heteroatoms. The van der Waals surface area contributed by atoms with E-state index in [1.165, 1.54) is 12.1 Å². The maximum Gasteiger partial charge on any atom is 0.262 e. The van der Waals surface area contributed by atoms with Crippen molar-refractivity contribution in [3.63, 3.8) is 0 Å². The van der Waals surface area contributed by atoms with Crippen molar-refractivity contribution in [3.05, 3.63) is 47.0 Å². The molecule has 0 aliphatic rings. The largest absolute Gasteiger partial charge is 0.490 e. The van der Waals surface area contributed by atoms with E-state index >= 15 is 0 Å². The van der Waals surface area contributed by atoms with Crippen LogP contribution in [-0.2, 0) is 10.0 Å². The maximum absolute atomic E-state index is 12.6. The highest BCUT2D eigenvalue weighted by Gasteiger charge is 2.18. The van der Waals surface area contributed by atoms with Crippen molar-refractivity contribution in [2.45, 2.75) is 25.7 Å². The number of aryl methyl sites for hydroxylation is 1. The number of rotatable bonds is 7. The lowest BCUT2D eigenvalue weighted by molar-refractivity contribution is 0.287. The summed E-state index contributed by atoms with van der Waals surface area (Å²) in [4.78, 5) is 0.0750. The van der Waals surface area contributed by atoms with E-state index in [4.69, 9.17) is 21.1 Å². The molecular weight excluding hydrogens is 350 g/mol. The van der Waals surface area contributed by atoms with E-state index in [0.717, 1.165) is 5.56 Å². The third kappa shape index (κ3) is 4.33. The predicted octanol–water partition coefficient (Wildman–Crippen LogP) is 4.25. The second-order valence-corrected chi connectivity index (χ2v) is 7.15. The first-order valence-electron chi connectivity index (χ1n) is 7.56. The Labute approximate surface area is 147 Å². The Morgan fingerprint density at radius 2 is 1.67 bits per heavy atom. The molecule has 0 radical (unpaired) electrons. The molecule has 2 rings (SSSR count). The van der Waals surface area contributed by atoms with Gasteiger partial charge in [0.15, 0.2) is 11.5 Å². The molecule has 5 nitrogen and oxygen atoms in total. The number of benzene rings is 2. The van der Waals surface area contributed by atoms with E-state index in [2.05, 4.69) is 4.72 Å². The van der Waals surface area contributed by atoms with Gasteiger partial charge in [-0.2, -0.15) is 0 Å². The van der Waals surface area contributed by atoms with Crippen LogP contribution >= 0.6 is 11.6 Å². The normalized spacial score (nSPS) is 11.2. The fourth-order valence-corrected chi connectivity index (χ4v) is 3.54. The Hall–Kier alpha value is -1.92. The molecule has 0 amide bonds. The quantitative estimate of drug-likeness (QED) is 0.792. The van der Waals surface area contributed by atoms with Crippen LogP contribution in [0.15, 0.2) is 41.3 Å². The molecule has 0 aliphatic heterocycles. The minimum absolute atomic E-state index is 0.0750. The standard InChI is InChI=1S/C17H20ClNO4S/c1-4-22-16-9-7-13(11-17(16)23-5-2)24(20,21)19-15-8-6-12(3)10-14(15)18/h6-11,19H,4-5H2,1-3H3. The Balaban J connectivity index is 2.36. The molecule has 0 heterocycles. The second kappa shape index (κ2) is 7.77. The topological polar surface area (TPSA) is 64.6 Å². The van der Waals surface area contributed by atoms with Crippen molar-refractivity contribution in [1.29, 1.82) is 0 Å². The molecule has 1 N–H and O–H groups in total. The minimum Gasteiger partial charge on any atom is -0.490 e. The van der Waals surface area contributed by atoms with Gasteiger partial charge in [-0.15, -0.1) is 0 Å². The first-order chi connectivity index (χ1) is 11.4. The van der Waals surface area contributed by atoms with Crippen molar-refractivity contribution in [2.75, 3.05) is 17.9 Å². The van der Waals surface area contributed by atoms with Crippen LogP contribution in [0.1, 0.15) is 19.4 Å². The SMILES string of the molecule is CCOc1ccc(S(=O)(=O)Nc2ccc(C)cc2Cl)cc1OCC. The summed E-state index contributed by atoms with van der Waals surface area (Å²) in [6.07, 6.45) is 0. The van der Waals surface area contributed by atoms with Crippen LogP contribution in [0.25, 0.3) is 0 Å². The second-order valence-electron chi connectivity index (χ2n) is 5.06. The molecule has 0 bridgehead atoms. The van der Waals surface area contributed by atoms with Crippen molar-refractivity contribution >= 4 is 27.3 Å². The van der Waals surface area contributed by atoms with Gasteiger partial charge < -0.3 is 9.47 Å². The van der Waals surface area contributed by atoms with Gasteiger partial charge in [-0.05, 0) is 50.6 Å². The Bertz CT molecular complexity index is 821. The van der Waals surface area contributed by atoms with E-state index in [1.54, 1.807) is 24.3 Å². The Morgan fingerprint density at radius 3 is 2.29 bits per heavy atom. The third-order valence-corrected chi connectivity index (χ3v) is 4.87. The minimum atomic E-state index is -3.79. The van der Waals surface area contributed by atoms with E-state index in [9.17, 15) is 8.42 Å². The van der Waals surface area contributed by atoms with E-state index < -0.39 is 10.0 Å². The molecule has 0 atom stereocenters. The lowest BCUT2D eigenvalue weighted by atomic mass is 10.2. The van der Waals surface area contributed by atoms with Gasteiger partial charge in [-0.25, -0.2) is 8.42 Å². The summed E-state index contributed by atoms with van der Waals surface area (Å²) in [5, 5.41) is 0.342. The highest BCUT2D eigenvalue weighted by Crippen LogP contribution is 2.32. The first-order valence-corrected chi connectivity index (χ1v) is 9.42. The zero-order valence-electron chi connectivity index (χ0n) is 13.8. The summed E-state index contributed by atoms with van der Waals surface area (Å²) >= 11 is 6.10. The summed E-state index contributed by atoms with van der Waals surface area (Å²) in [5.41, 5.74) is 1.27. The van der Waals surface area contributed by atoms with Crippen LogP contribution in [0.3, 0.4) is 0 Å². The number of halogens is 1. The first kappa shape index (κ1) is 18.4. The summed E-state index contributed by atoms with van der Waals surface area (Å²) in [7, 11) is -3.79. The van der Waals surface area contributed by atoms with Crippen LogP contribution < -0.4 is 14.2 Å². The molecule has 0 aromatic heterocycles. The van der Waals surface area contributed by atoms with Crippen LogP contribution in [0.2, 0.25) is 5.02 Å². The summed E-state index contributed by atoms with van der Waals surface area (Å²) in [6, 6.07) is 9.61. The molecule has 0 aliphatic carbocycles. The lowest BCUT2D eigenvalue weighted by Crippen LogP contribution is -2.13. The molecule has 2 aromatic carbocycles. The van der Waals surface area contributed by atoms with Crippen molar-refractivity contribution < 1.29 is 17.9 Å². The monoisotopic (exact) mass is 369 g/mol. The maximum atomic E-state index is 12.6. The molecule has 0 saturated carbocycles. The summed E-state index contributed by atoms with van der Waals surface area (Å²) in [5.74, 6) is 0.892. The van der Waals surface area contributed by atoms with Gasteiger partial charge in [0.25, 0.3) is 10.0 Å². The van der Waals surface area contributed by atoms with Crippen molar-refractivity contribution in [1.82, 2.24) is 0 Å². The van der Waals surface area contributed by atoms with Gasteiger partial charge in [0, 0.05) is 6.07 Å². The van der Waals surface area contributed by atoms with Gasteiger partial charge in [0.05, 0.1) is 28.8 Å². The van der Waals surface area contributed by atoms with Gasteiger partial charge >= 0.3 is 0 Å². The van der Waals surface area contributed by atoms with Crippen LogP contribution in [0.5, 0.6) is 11.5 Å². The molecule has 130 valence electrons. The number of sulfonamides is 1. The molecule has 0 saturated heterocycles. The smallest absolute Gasteiger partial charge is 0.262 e.